The van der Waals surface area contributed by atoms with Gasteiger partial charge in [-0.1, -0.05) is 30.3 Å². The zero-order valence-corrected chi connectivity index (χ0v) is 12.6. The van der Waals surface area contributed by atoms with Crippen molar-refractivity contribution >= 4 is 17.2 Å². The molecule has 1 N–H and O–H groups in total. The lowest BCUT2D eigenvalue weighted by atomic mass is 10.2. The van der Waals surface area contributed by atoms with Gasteiger partial charge in [-0.3, -0.25) is 4.79 Å². The molecule has 1 amide bonds. The number of amides is 1. The fraction of sp³-hybridized carbons (Fsp3) is 0.333. The molecule has 0 saturated carbocycles. The van der Waals surface area contributed by atoms with Crippen molar-refractivity contribution in [2.45, 2.75) is 13.5 Å². The predicted octanol–water partition coefficient (Wildman–Crippen LogP) is 2.31. The molecule has 5 heteroatoms. The van der Waals surface area contributed by atoms with Crippen molar-refractivity contribution in [3.05, 3.63) is 52.0 Å². The first-order valence-corrected chi connectivity index (χ1v) is 7.40. The van der Waals surface area contributed by atoms with Crippen LogP contribution >= 0.6 is 11.3 Å². The second kappa shape index (κ2) is 7.17. The Kier molecular flexibility index (Phi) is 5.26. The van der Waals surface area contributed by atoms with Crippen LogP contribution in [0.25, 0.3) is 0 Å². The Morgan fingerprint density at radius 3 is 2.75 bits per heavy atom. The first-order valence-electron chi connectivity index (χ1n) is 6.58. The van der Waals surface area contributed by atoms with Crippen molar-refractivity contribution in [3.63, 3.8) is 0 Å². The second-order valence-corrected chi connectivity index (χ2v) is 5.96. The summed E-state index contributed by atoms with van der Waals surface area (Å²) in [6.45, 7) is 4.24. The Balaban J connectivity index is 1.71. The molecule has 0 fully saturated rings. The van der Waals surface area contributed by atoms with Gasteiger partial charge in [0.1, 0.15) is 4.88 Å². The van der Waals surface area contributed by atoms with Crippen LogP contribution in [0.1, 0.15) is 20.2 Å². The summed E-state index contributed by atoms with van der Waals surface area (Å²) in [5.74, 6) is -0.0382. The molecular formula is C15H19N3OS. The smallest absolute Gasteiger partial charge is 0.263 e. The number of likely N-dealkylation sites (N-methyl/N-ethyl adjacent to an activating group) is 1. The third kappa shape index (κ3) is 4.43. The van der Waals surface area contributed by atoms with Crippen molar-refractivity contribution in [1.82, 2.24) is 15.2 Å². The molecule has 2 rings (SSSR count). The summed E-state index contributed by atoms with van der Waals surface area (Å²) in [7, 11) is 2.05. The van der Waals surface area contributed by atoms with Gasteiger partial charge in [-0.15, -0.1) is 11.3 Å². The van der Waals surface area contributed by atoms with E-state index in [2.05, 4.69) is 34.4 Å². The average molecular weight is 289 g/mol. The Morgan fingerprint density at radius 2 is 2.10 bits per heavy atom. The monoisotopic (exact) mass is 289 g/mol. The van der Waals surface area contributed by atoms with E-state index in [1.165, 1.54) is 16.9 Å². The quantitative estimate of drug-likeness (QED) is 0.887. The molecule has 1 heterocycles. The number of hydrogen-bond donors (Lipinski definition) is 1. The Bertz CT molecular complexity index is 553. The van der Waals surface area contributed by atoms with Crippen LogP contribution in [0.2, 0.25) is 0 Å². The van der Waals surface area contributed by atoms with Crippen molar-refractivity contribution in [2.24, 2.45) is 0 Å². The molecule has 0 bridgehead atoms. The molecule has 0 spiro atoms. The van der Waals surface area contributed by atoms with Gasteiger partial charge in [0.25, 0.3) is 5.91 Å². The zero-order valence-electron chi connectivity index (χ0n) is 11.8. The van der Waals surface area contributed by atoms with Crippen LogP contribution < -0.4 is 5.32 Å². The van der Waals surface area contributed by atoms with Crippen LogP contribution in [0.15, 0.2) is 36.5 Å². The number of nitrogens with one attached hydrogen (secondary N) is 1. The van der Waals surface area contributed by atoms with Gasteiger partial charge in [0.05, 0.1) is 11.2 Å². The van der Waals surface area contributed by atoms with Crippen molar-refractivity contribution in [2.75, 3.05) is 20.1 Å². The summed E-state index contributed by atoms with van der Waals surface area (Å²) in [6.07, 6.45) is 1.63. The molecule has 0 aliphatic heterocycles. The van der Waals surface area contributed by atoms with Crippen LogP contribution in [-0.4, -0.2) is 35.9 Å². The molecule has 0 unspecified atom stereocenters. The number of hydrogen-bond acceptors (Lipinski definition) is 4. The van der Waals surface area contributed by atoms with Gasteiger partial charge >= 0.3 is 0 Å². The van der Waals surface area contributed by atoms with E-state index >= 15 is 0 Å². The van der Waals surface area contributed by atoms with Crippen molar-refractivity contribution in [3.8, 4) is 0 Å². The van der Waals surface area contributed by atoms with Crippen LogP contribution in [0.5, 0.6) is 0 Å². The third-order valence-corrected chi connectivity index (χ3v) is 3.83. The fourth-order valence-electron chi connectivity index (χ4n) is 1.89. The van der Waals surface area contributed by atoms with Gasteiger partial charge in [-0.2, -0.15) is 0 Å². The van der Waals surface area contributed by atoms with E-state index in [0.29, 0.717) is 11.4 Å². The minimum atomic E-state index is -0.0382. The maximum Gasteiger partial charge on any atom is 0.263 e. The number of aromatic nitrogens is 1. The molecule has 1 aromatic heterocycles. The highest BCUT2D eigenvalue weighted by Crippen LogP contribution is 2.10. The first kappa shape index (κ1) is 14.7. The summed E-state index contributed by atoms with van der Waals surface area (Å²) in [5, 5.41) is 3.83. The number of carbonyl (C=O) groups excluding carboxylic acids is 1. The van der Waals surface area contributed by atoms with Crippen LogP contribution in [0, 0.1) is 6.92 Å². The van der Waals surface area contributed by atoms with Gasteiger partial charge < -0.3 is 10.2 Å². The standard InChI is InChI=1S/C15H19N3OS/c1-12-17-10-14(20-12)15(19)16-8-9-18(2)11-13-6-4-3-5-7-13/h3-7,10H,8-9,11H2,1-2H3,(H,16,19). The van der Waals surface area contributed by atoms with E-state index < -0.39 is 0 Å². The van der Waals surface area contributed by atoms with Gasteiger partial charge in [0.2, 0.25) is 0 Å². The molecule has 0 atom stereocenters. The van der Waals surface area contributed by atoms with Gasteiger partial charge in [0.15, 0.2) is 0 Å². The van der Waals surface area contributed by atoms with Crippen LogP contribution in [-0.2, 0) is 6.54 Å². The number of thiazole rings is 1. The molecule has 20 heavy (non-hydrogen) atoms. The zero-order chi connectivity index (χ0) is 14.4. The molecule has 1 aromatic carbocycles. The highest BCUT2D eigenvalue weighted by atomic mass is 32.1. The van der Waals surface area contributed by atoms with E-state index in [1.54, 1.807) is 6.20 Å². The Labute approximate surface area is 123 Å². The first-order chi connectivity index (χ1) is 9.65. The summed E-state index contributed by atoms with van der Waals surface area (Å²) < 4.78 is 0. The van der Waals surface area contributed by atoms with Crippen molar-refractivity contribution in [1.29, 1.82) is 0 Å². The molecule has 0 aliphatic carbocycles. The summed E-state index contributed by atoms with van der Waals surface area (Å²) in [5.41, 5.74) is 1.28. The second-order valence-electron chi connectivity index (χ2n) is 4.72. The Morgan fingerprint density at radius 1 is 1.35 bits per heavy atom. The molecular weight excluding hydrogens is 270 g/mol. The molecule has 2 aromatic rings. The normalized spacial score (nSPS) is 10.8. The largest absolute Gasteiger partial charge is 0.350 e. The molecule has 0 radical (unpaired) electrons. The molecule has 0 aliphatic rings. The summed E-state index contributed by atoms with van der Waals surface area (Å²) in [4.78, 5) is 18.8. The van der Waals surface area contributed by atoms with E-state index in [4.69, 9.17) is 0 Å². The van der Waals surface area contributed by atoms with E-state index in [9.17, 15) is 4.79 Å². The van der Waals surface area contributed by atoms with Crippen molar-refractivity contribution < 1.29 is 4.79 Å². The molecule has 4 nitrogen and oxygen atoms in total. The molecule has 0 saturated heterocycles. The lowest BCUT2D eigenvalue weighted by Gasteiger charge is -2.16. The SMILES string of the molecule is Cc1ncc(C(=O)NCCN(C)Cc2ccccc2)s1. The number of benzene rings is 1. The van der Waals surface area contributed by atoms with Crippen LogP contribution in [0.4, 0.5) is 0 Å². The minimum Gasteiger partial charge on any atom is -0.350 e. The summed E-state index contributed by atoms with van der Waals surface area (Å²) >= 11 is 1.42. The maximum absolute atomic E-state index is 11.8. The number of rotatable bonds is 6. The van der Waals surface area contributed by atoms with E-state index in [1.807, 2.05) is 25.1 Å². The van der Waals surface area contributed by atoms with Crippen LogP contribution in [0.3, 0.4) is 0 Å². The van der Waals surface area contributed by atoms with Gasteiger partial charge in [-0.25, -0.2) is 4.98 Å². The Hall–Kier alpha value is -1.72. The highest BCUT2D eigenvalue weighted by Gasteiger charge is 2.08. The lowest BCUT2D eigenvalue weighted by Crippen LogP contribution is -2.32. The lowest BCUT2D eigenvalue weighted by molar-refractivity contribution is 0.0953. The maximum atomic E-state index is 11.8. The van der Waals surface area contributed by atoms with E-state index in [-0.39, 0.29) is 5.91 Å². The predicted molar refractivity (Wildman–Crippen MR) is 82.0 cm³/mol. The number of aryl methyl sites for hydroxylation is 1. The fourth-order valence-corrected chi connectivity index (χ4v) is 2.58. The topological polar surface area (TPSA) is 45.2 Å². The number of nitrogens with zero attached hydrogens (tertiary/aromatic N) is 2. The van der Waals surface area contributed by atoms with E-state index in [0.717, 1.165) is 18.1 Å². The summed E-state index contributed by atoms with van der Waals surface area (Å²) in [6, 6.07) is 10.3. The highest BCUT2D eigenvalue weighted by molar-refractivity contribution is 7.13. The number of carbonyl (C=O) groups is 1. The third-order valence-electron chi connectivity index (χ3n) is 2.92. The van der Waals surface area contributed by atoms with Gasteiger partial charge in [-0.05, 0) is 19.5 Å². The minimum absolute atomic E-state index is 0.0382. The molecule has 106 valence electrons. The van der Waals surface area contributed by atoms with Gasteiger partial charge in [0, 0.05) is 19.6 Å². The average Bonchev–Trinajstić information content (AvgIpc) is 2.86.